The molecule has 88 valence electrons. The standard InChI is InChI=1S/C13H14ClN3/c1-4-13(2,3)17-9-16-12-6-10(8-15)5-11(14)7-12/h5-7H,4H2,1-3H3. The first-order chi connectivity index (χ1) is 7.96. The zero-order chi connectivity index (χ0) is 12.9. The van der Waals surface area contributed by atoms with E-state index in [1.807, 2.05) is 19.9 Å². The van der Waals surface area contributed by atoms with Crippen molar-refractivity contribution in [1.82, 2.24) is 0 Å². The Morgan fingerprint density at radius 3 is 2.65 bits per heavy atom. The quantitative estimate of drug-likeness (QED) is 0.738. The highest BCUT2D eigenvalue weighted by atomic mass is 35.5. The molecule has 0 radical (unpaired) electrons. The van der Waals surface area contributed by atoms with Gasteiger partial charge in [0, 0.05) is 5.02 Å². The summed E-state index contributed by atoms with van der Waals surface area (Å²) >= 11 is 5.86. The van der Waals surface area contributed by atoms with Crippen LogP contribution in [0.2, 0.25) is 5.02 Å². The SMILES string of the molecule is CCC(C)(C)N=C=Nc1cc(Cl)cc(C#N)c1. The Morgan fingerprint density at radius 2 is 2.06 bits per heavy atom. The number of nitrogens with zero attached hydrogens (tertiary/aromatic N) is 3. The fourth-order valence-electron chi connectivity index (χ4n) is 1.00. The van der Waals surface area contributed by atoms with Gasteiger partial charge in [-0.2, -0.15) is 10.3 Å². The summed E-state index contributed by atoms with van der Waals surface area (Å²) in [4.78, 5) is 8.27. The van der Waals surface area contributed by atoms with E-state index in [9.17, 15) is 0 Å². The van der Waals surface area contributed by atoms with Crippen LogP contribution in [-0.2, 0) is 0 Å². The van der Waals surface area contributed by atoms with E-state index in [1.54, 1.807) is 18.2 Å². The van der Waals surface area contributed by atoms with Gasteiger partial charge >= 0.3 is 0 Å². The van der Waals surface area contributed by atoms with Gasteiger partial charge in [-0.05, 0) is 38.5 Å². The summed E-state index contributed by atoms with van der Waals surface area (Å²) in [6.07, 6.45) is 0.911. The molecule has 0 fully saturated rings. The third kappa shape index (κ3) is 4.40. The summed E-state index contributed by atoms with van der Waals surface area (Å²) < 4.78 is 0. The van der Waals surface area contributed by atoms with Crippen LogP contribution < -0.4 is 0 Å². The van der Waals surface area contributed by atoms with Gasteiger partial charge in [-0.15, -0.1) is 0 Å². The van der Waals surface area contributed by atoms with Gasteiger partial charge in [-0.3, -0.25) is 0 Å². The topological polar surface area (TPSA) is 48.5 Å². The summed E-state index contributed by atoms with van der Waals surface area (Å²) in [6.45, 7) is 6.07. The molecular weight excluding hydrogens is 234 g/mol. The van der Waals surface area contributed by atoms with Crippen LogP contribution in [0.5, 0.6) is 0 Å². The summed E-state index contributed by atoms with van der Waals surface area (Å²) in [5, 5.41) is 9.27. The Hall–Kier alpha value is -1.62. The summed E-state index contributed by atoms with van der Waals surface area (Å²) in [6, 6.07) is 9.58. The largest absolute Gasteiger partial charge is 0.219 e. The van der Waals surface area contributed by atoms with Crippen molar-refractivity contribution in [2.45, 2.75) is 32.7 Å². The van der Waals surface area contributed by atoms with E-state index < -0.39 is 0 Å². The van der Waals surface area contributed by atoms with E-state index in [0.717, 1.165) is 6.42 Å². The van der Waals surface area contributed by atoms with E-state index >= 15 is 0 Å². The van der Waals surface area contributed by atoms with E-state index in [0.29, 0.717) is 16.3 Å². The predicted octanol–water partition coefficient (Wildman–Crippen LogP) is 4.21. The maximum Gasteiger partial charge on any atom is 0.0992 e. The number of hydrogen-bond acceptors (Lipinski definition) is 3. The van der Waals surface area contributed by atoms with Gasteiger partial charge in [0.15, 0.2) is 0 Å². The van der Waals surface area contributed by atoms with Gasteiger partial charge in [-0.1, -0.05) is 18.5 Å². The molecule has 0 aliphatic rings. The highest BCUT2D eigenvalue weighted by molar-refractivity contribution is 6.30. The fourth-order valence-corrected chi connectivity index (χ4v) is 1.23. The number of hydrogen-bond donors (Lipinski definition) is 0. The second kappa shape index (κ2) is 5.63. The van der Waals surface area contributed by atoms with Crippen molar-refractivity contribution in [1.29, 1.82) is 5.26 Å². The molecule has 0 unspecified atom stereocenters. The molecule has 1 aromatic carbocycles. The molecular formula is C13H14ClN3. The summed E-state index contributed by atoms with van der Waals surface area (Å²) in [5.74, 6) is 0. The van der Waals surface area contributed by atoms with Crippen molar-refractivity contribution in [3.63, 3.8) is 0 Å². The van der Waals surface area contributed by atoms with Crippen LogP contribution in [0.4, 0.5) is 5.69 Å². The smallest absolute Gasteiger partial charge is 0.0992 e. The van der Waals surface area contributed by atoms with Gasteiger partial charge < -0.3 is 0 Å². The number of halogens is 1. The van der Waals surface area contributed by atoms with Crippen LogP contribution in [0.1, 0.15) is 32.8 Å². The molecule has 4 heteroatoms. The molecule has 0 aliphatic heterocycles. The van der Waals surface area contributed by atoms with Gasteiger partial charge in [-0.25, -0.2) is 4.99 Å². The number of aliphatic imine (C=N–C) groups is 2. The van der Waals surface area contributed by atoms with Crippen LogP contribution in [0, 0.1) is 11.3 Å². The third-order valence-electron chi connectivity index (χ3n) is 2.41. The predicted molar refractivity (Wildman–Crippen MR) is 70.1 cm³/mol. The van der Waals surface area contributed by atoms with Gasteiger partial charge in [0.25, 0.3) is 0 Å². The van der Waals surface area contributed by atoms with E-state index in [2.05, 4.69) is 22.9 Å². The molecule has 0 N–H and O–H groups in total. The summed E-state index contributed by atoms with van der Waals surface area (Å²) in [7, 11) is 0. The first-order valence-corrected chi connectivity index (χ1v) is 5.73. The van der Waals surface area contributed by atoms with Crippen LogP contribution in [0.25, 0.3) is 0 Å². The molecule has 0 aromatic heterocycles. The minimum Gasteiger partial charge on any atom is -0.219 e. The molecule has 0 amide bonds. The van der Waals surface area contributed by atoms with Crippen LogP contribution >= 0.6 is 11.6 Å². The Bertz CT molecular complexity index is 506. The molecule has 0 spiro atoms. The van der Waals surface area contributed by atoms with Gasteiger partial charge in [0.05, 0.1) is 28.9 Å². The second-order valence-corrected chi connectivity index (χ2v) is 4.74. The highest BCUT2D eigenvalue weighted by Gasteiger charge is 2.10. The van der Waals surface area contributed by atoms with Crippen LogP contribution in [-0.4, -0.2) is 11.5 Å². The molecule has 0 saturated heterocycles. The lowest BCUT2D eigenvalue weighted by Crippen LogP contribution is -2.13. The molecule has 0 bridgehead atoms. The molecule has 17 heavy (non-hydrogen) atoms. The van der Waals surface area contributed by atoms with Crippen molar-refractivity contribution in [3.05, 3.63) is 28.8 Å². The zero-order valence-corrected chi connectivity index (χ0v) is 10.9. The maximum atomic E-state index is 8.79. The first kappa shape index (κ1) is 13.4. The van der Waals surface area contributed by atoms with E-state index in [1.165, 1.54) is 0 Å². The molecule has 0 heterocycles. The van der Waals surface area contributed by atoms with Crippen molar-refractivity contribution >= 4 is 23.3 Å². The van der Waals surface area contributed by atoms with Crippen molar-refractivity contribution in [3.8, 4) is 6.07 Å². The van der Waals surface area contributed by atoms with Gasteiger partial charge in [0.1, 0.15) is 0 Å². The van der Waals surface area contributed by atoms with Gasteiger partial charge in [0.2, 0.25) is 0 Å². The molecule has 0 saturated carbocycles. The van der Waals surface area contributed by atoms with Crippen molar-refractivity contribution < 1.29 is 0 Å². The average molecular weight is 248 g/mol. The van der Waals surface area contributed by atoms with Crippen LogP contribution in [0.15, 0.2) is 28.2 Å². The normalized spacial score (nSPS) is 10.3. The van der Waals surface area contributed by atoms with E-state index in [4.69, 9.17) is 16.9 Å². The summed E-state index contributed by atoms with van der Waals surface area (Å²) in [5.41, 5.74) is 0.901. The minimum atomic E-state index is -0.167. The first-order valence-electron chi connectivity index (χ1n) is 5.35. The van der Waals surface area contributed by atoms with Crippen LogP contribution in [0.3, 0.4) is 0 Å². The lowest BCUT2D eigenvalue weighted by Gasteiger charge is -2.13. The number of rotatable bonds is 3. The molecule has 1 aromatic rings. The lowest BCUT2D eigenvalue weighted by molar-refractivity contribution is 0.508. The Morgan fingerprint density at radius 1 is 1.35 bits per heavy atom. The molecule has 0 aliphatic carbocycles. The second-order valence-electron chi connectivity index (χ2n) is 4.30. The molecule has 0 atom stereocenters. The number of benzene rings is 1. The fraction of sp³-hybridized carbons (Fsp3) is 0.385. The Balaban J connectivity index is 3.00. The van der Waals surface area contributed by atoms with Crippen molar-refractivity contribution in [2.75, 3.05) is 0 Å². The Kier molecular flexibility index (Phi) is 4.45. The third-order valence-corrected chi connectivity index (χ3v) is 2.63. The van der Waals surface area contributed by atoms with E-state index in [-0.39, 0.29) is 5.54 Å². The average Bonchev–Trinajstić information content (AvgIpc) is 2.28. The number of nitriles is 1. The maximum absolute atomic E-state index is 8.79. The highest BCUT2D eigenvalue weighted by Crippen LogP contribution is 2.20. The Labute approximate surface area is 106 Å². The zero-order valence-electron chi connectivity index (χ0n) is 10.2. The monoisotopic (exact) mass is 247 g/mol. The lowest BCUT2D eigenvalue weighted by atomic mass is 10.0. The molecule has 3 nitrogen and oxygen atoms in total. The van der Waals surface area contributed by atoms with Crippen molar-refractivity contribution in [2.24, 2.45) is 9.98 Å². The minimum absolute atomic E-state index is 0.167. The molecule has 1 rings (SSSR count).